The Kier molecular flexibility index (Phi) is 7.95. The van der Waals surface area contributed by atoms with Gasteiger partial charge in [-0.05, 0) is 53.1 Å². The molecule has 0 radical (unpaired) electrons. The standard InChI is InChI=1S/C25H24F3NO4/c1-31-21-11-7-18(8-12-21)23(19-9-13-22(32-2)14-10-19)29-24(30)20-5-3-17(4-6-20)15-33-16-25(26,27)28/h3-14,23H,15-16H2,1-2H3,(H,29,30). The molecular weight excluding hydrogens is 435 g/mol. The number of carbonyl (C=O) groups excluding carboxylic acids is 1. The molecule has 0 aliphatic heterocycles. The topological polar surface area (TPSA) is 56.8 Å². The second-order valence-electron chi connectivity index (χ2n) is 7.26. The monoisotopic (exact) mass is 459 g/mol. The first-order valence-corrected chi connectivity index (χ1v) is 10.1. The summed E-state index contributed by atoms with van der Waals surface area (Å²) >= 11 is 0. The number of methoxy groups -OCH3 is 2. The van der Waals surface area contributed by atoms with E-state index in [4.69, 9.17) is 9.47 Å². The zero-order valence-corrected chi connectivity index (χ0v) is 18.2. The molecule has 174 valence electrons. The zero-order valence-electron chi connectivity index (χ0n) is 18.2. The van der Waals surface area contributed by atoms with Gasteiger partial charge in [0.05, 0.1) is 26.9 Å². The molecule has 3 aromatic rings. The van der Waals surface area contributed by atoms with Gasteiger partial charge in [-0.1, -0.05) is 36.4 Å². The Hall–Kier alpha value is -3.52. The Morgan fingerprint density at radius 1 is 0.818 bits per heavy atom. The van der Waals surface area contributed by atoms with Crippen LogP contribution >= 0.6 is 0 Å². The first-order chi connectivity index (χ1) is 15.8. The Morgan fingerprint density at radius 3 is 1.73 bits per heavy atom. The smallest absolute Gasteiger partial charge is 0.411 e. The van der Waals surface area contributed by atoms with Gasteiger partial charge in [0, 0.05) is 5.56 Å². The molecule has 0 fully saturated rings. The molecule has 5 nitrogen and oxygen atoms in total. The van der Waals surface area contributed by atoms with Crippen LogP contribution < -0.4 is 14.8 Å². The lowest BCUT2D eigenvalue weighted by Crippen LogP contribution is -2.29. The highest BCUT2D eigenvalue weighted by Gasteiger charge is 2.27. The Balaban J connectivity index is 1.76. The lowest BCUT2D eigenvalue weighted by Gasteiger charge is -2.21. The molecular formula is C25H24F3NO4. The molecule has 0 saturated carbocycles. The SMILES string of the molecule is COc1ccc(C(NC(=O)c2ccc(COCC(F)(F)F)cc2)c2ccc(OC)cc2)cc1. The van der Waals surface area contributed by atoms with Gasteiger partial charge in [0.25, 0.3) is 5.91 Å². The van der Waals surface area contributed by atoms with Crippen molar-refractivity contribution in [2.24, 2.45) is 0 Å². The van der Waals surface area contributed by atoms with E-state index in [2.05, 4.69) is 10.1 Å². The average molecular weight is 459 g/mol. The molecule has 0 spiro atoms. The summed E-state index contributed by atoms with van der Waals surface area (Å²) in [6, 6.07) is 20.5. The van der Waals surface area contributed by atoms with Gasteiger partial charge in [-0.3, -0.25) is 4.79 Å². The number of hydrogen-bond donors (Lipinski definition) is 1. The molecule has 3 rings (SSSR count). The number of carbonyl (C=O) groups is 1. The first-order valence-electron chi connectivity index (χ1n) is 10.1. The minimum absolute atomic E-state index is 0.193. The van der Waals surface area contributed by atoms with Gasteiger partial charge >= 0.3 is 6.18 Å². The maximum atomic E-state index is 13.0. The summed E-state index contributed by atoms with van der Waals surface area (Å²) in [4.78, 5) is 13.0. The van der Waals surface area contributed by atoms with E-state index in [1.54, 1.807) is 38.5 Å². The quantitative estimate of drug-likeness (QED) is 0.472. The fraction of sp³-hybridized carbons (Fsp3) is 0.240. The van der Waals surface area contributed by atoms with E-state index in [1.165, 1.54) is 0 Å². The van der Waals surface area contributed by atoms with E-state index >= 15 is 0 Å². The molecule has 0 aliphatic carbocycles. The fourth-order valence-corrected chi connectivity index (χ4v) is 3.20. The molecule has 8 heteroatoms. The summed E-state index contributed by atoms with van der Waals surface area (Å²) in [6.45, 7) is -1.51. The fourth-order valence-electron chi connectivity index (χ4n) is 3.20. The third-order valence-corrected chi connectivity index (χ3v) is 4.92. The highest BCUT2D eigenvalue weighted by Crippen LogP contribution is 2.26. The van der Waals surface area contributed by atoms with Crippen molar-refractivity contribution in [3.8, 4) is 11.5 Å². The van der Waals surface area contributed by atoms with Gasteiger partial charge in [0.1, 0.15) is 18.1 Å². The summed E-state index contributed by atoms with van der Waals surface area (Å²) < 4.78 is 51.8. The first kappa shape index (κ1) is 24.1. The van der Waals surface area contributed by atoms with E-state index in [9.17, 15) is 18.0 Å². The predicted octanol–water partition coefficient (Wildman–Crippen LogP) is 5.30. The van der Waals surface area contributed by atoms with Crippen LogP contribution in [0.15, 0.2) is 72.8 Å². The van der Waals surface area contributed by atoms with E-state index in [0.717, 1.165) is 11.1 Å². The number of halogens is 3. The molecule has 0 aliphatic rings. The summed E-state index contributed by atoms with van der Waals surface area (Å²) in [5.74, 6) is 1.07. The van der Waals surface area contributed by atoms with Crippen molar-refractivity contribution in [3.63, 3.8) is 0 Å². The number of alkyl halides is 3. The summed E-state index contributed by atoms with van der Waals surface area (Å²) in [7, 11) is 3.16. The molecule has 0 bridgehead atoms. The number of ether oxygens (including phenoxy) is 3. The lowest BCUT2D eigenvalue weighted by molar-refractivity contribution is -0.176. The third kappa shape index (κ3) is 6.98. The number of nitrogens with one attached hydrogen (secondary N) is 1. The van der Waals surface area contributed by atoms with Crippen molar-refractivity contribution < 1.29 is 32.2 Å². The van der Waals surface area contributed by atoms with Gasteiger partial charge in [0.15, 0.2) is 0 Å². The minimum Gasteiger partial charge on any atom is -0.497 e. The summed E-state index contributed by atoms with van der Waals surface area (Å²) in [5, 5.41) is 3.02. The van der Waals surface area contributed by atoms with Crippen LogP contribution in [0, 0.1) is 0 Å². The molecule has 0 saturated heterocycles. The van der Waals surface area contributed by atoms with E-state index in [-0.39, 0.29) is 12.5 Å². The molecule has 0 heterocycles. The molecule has 3 aromatic carbocycles. The number of amides is 1. The van der Waals surface area contributed by atoms with Crippen LogP contribution in [-0.2, 0) is 11.3 Å². The van der Waals surface area contributed by atoms with Crippen LogP contribution in [-0.4, -0.2) is 32.9 Å². The maximum Gasteiger partial charge on any atom is 0.411 e. The van der Waals surface area contributed by atoms with Crippen LogP contribution in [0.1, 0.15) is 33.1 Å². The van der Waals surface area contributed by atoms with Gasteiger partial charge in [0.2, 0.25) is 0 Å². The van der Waals surface area contributed by atoms with Crippen molar-refractivity contribution in [1.29, 1.82) is 0 Å². The van der Waals surface area contributed by atoms with Crippen LogP contribution in [0.3, 0.4) is 0 Å². The van der Waals surface area contributed by atoms with Gasteiger partial charge in [-0.15, -0.1) is 0 Å². The second-order valence-corrected chi connectivity index (χ2v) is 7.26. The molecule has 33 heavy (non-hydrogen) atoms. The molecule has 0 unspecified atom stereocenters. The van der Waals surface area contributed by atoms with Crippen LogP contribution in [0.4, 0.5) is 13.2 Å². The molecule has 1 amide bonds. The summed E-state index contributed by atoms with van der Waals surface area (Å²) in [5.41, 5.74) is 2.62. The molecule has 0 atom stereocenters. The Morgan fingerprint density at radius 2 is 1.30 bits per heavy atom. The Labute approximate surface area is 190 Å². The normalized spacial score (nSPS) is 11.3. The number of hydrogen-bond acceptors (Lipinski definition) is 4. The van der Waals surface area contributed by atoms with Gasteiger partial charge in [-0.25, -0.2) is 0 Å². The largest absolute Gasteiger partial charge is 0.497 e. The van der Waals surface area contributed by atoms with E-state index in [1.807, 2.05) is 48.5 Å². The van der Waals surface area contributed by atoms with E-state index < -0.39 is 18.8 Å². The highest BCUT2D eigenvalue weighted by molar-refractivity contribution is 5.94. The van der Waals surface area contributed by atoms with Crippen molar-refractivity contribution in [3.05, 3.63) is 95.1 Å². The number of benzene rings is 3. The van der Waals surface area contributed by atoms with Crippen molar-refractivity contribution in [2.45, 2.75) is 18.8 Å². The average Bonchev–Trinajstić information content (AvgIpc) is 2.82. The van der Waals surface area contributed by atoms with Crippen molar-refractivity contribution in [1.82, 2.24) is 5.32 Å². The van der Waals surface area contributed by atoms with Crippen molar-refractivity contribution >= 4 is 5.91 Å². The maximum absolute atomic E-state index is 13.0. The highest BCUT2D eigenvalue weighted by atomic mass is 19.4. The summed E-state index contributed by atoms with van der Waals surface area (Å²) in [6.07, 6.45) is -4.38. The van der Waals surface area contributed by atoms with E-state index in [0.29, 0.717) is 22.6 Å². The minimum atomic E-state index is -4.38. The predicted molar refractivity (Wildman–Crippen MR) is 117 cm³/mol. The third-order valence-electron chi connectivity index (χ3n) is 4.92. The molecule has 1 N–H and O–H groups in total. The Bertz CT molecular complexity index is 986. The zero-order chi connectivity index (χ0) is 23.8. The number of rotatable bonds is 9. The van der Waals surface area contributed by atoms with Crippen LogP contribution in [0.5, 0.6) is 11.5 Å². The van der Waals surface area contributed by atoms with Gasteiger partial charge < -0.3 is 19.5 Å². The molecule has 0 aromatic heterocycles. The van der Waals surface area contributed by atoms with Crippen LogP contribution in [0.2, 0.25) is 0 Å². The van der Waals surface area contributed by atoms with Crippen molar-refractivity contribution in [2.75, 3.05) is 20.8 Å². The van der Waals surface area contributed by atoms with Gasteiger partial charge in [-0.2, -0.15) is 13.2 Å². The van der Waals surface area contributed by atoms with Crippen LogP contribution in [0.25, 0.3) is 0 Å². The lowest BCUT2D eigenvalue weighted by atomic mass is 9.98. The second kappa shape index (κ2) is 10.9.